The Kier molecular flexibility index (Phi) is 5.19. The van der Waals surface area contributed by atoms with E-state index in [2.05, 4.69) is 11.4 Å². The van der Waals surface area contributed by atoms with Crippen LogP contribution in [0.15, 0.2) is 0 Å². The Morgan fingerprint density at radius 3 is 2.55 bits per heavy atom. The van der Waals surface area contributed by atoms with Gasteiger partial charge in [-0.05, 0) is 31.7 Å². The summed E-state index contributed by atoms with van der Waals surface area (Å²) >= 11 is 1.39. The topological polar surface area (TPSA) is 90.2 Å². The minimum atomic E-state index is -0.906. The zero-order valence-electron chi connectivity index (χ0n) is 12.8. The van der Waals surface area contributed by atoms with Gasteiger partial charge in [0.2, 0.25) is 5.91 Å². The number of anilines is 1. The number of amides is 1. The predicted molar refractivity (Wildman–Crippen MR) is 84.9 cm³/mol. The Hall–Kier alpha value is -1.87. The summed E-state index contributed by atoms with van der Waals surface area (Å²) < 4.78 is 0. The molecular weight excluding hydrogens is 300 g/mol. The lowest BCUT2D eigenvalue weighted by molar-refractivity contribution is -0.147. The lowest BCUT2D eigenvalue weighted by Gasteiger charge is -2.27. The Labute approximate surface area is 134 Å². The summed E-state index contributed by atoms with van der Waals surface area (Å²) in [6.07, 6.45) is 3.60. The van der Waals surface area contributed by atoms with Gasteiger partial charge in [-0.15, -0.1) is 11.3 Å². The number of aryl methyl sites for hydroxylation is 1. The van der Waals surface area contributed by atoms with Gasteiger partial charge < -0.3 is 10.4 Å². The van der Waals surface area contributed by atoms with Crippen molar-refractivity contribution >= 4 is 28.2 Å². The Morgan fingerprint density at radius 2 is 2.00 bits per heavy atom. The van der Waals surface area contributed by atoms with E-state index in [1.165, 1.54) is 11.3 Å². The summed E-state index contributed by atoms with van der Waals surface area (Å²) in [7, 11) is 0. The second-order valence-electron chi connectivity index (χ2n) is 5.63. The molecule has 0 bridgehead atoms. The Morgan fingerprint density at radius 1 is 1.36 bits per heavy atom. The number of carbonyl (C=O) groups is 2. The van der Waals surface area contributed by atoms with Crippen molar-refractivity contribution in [2.75, 3.05) is 5.32 Å². The summed E-state index contributed by atoms with van der Waals surface area (Å²) in [5.74, 6) is -2.30. The van der Waals surface area contributed by atoms with E-state index in [0.29, 0.717) is 23.4 Å². The molecule has 0 aliphatic heterocycles. The van der Waals surface area contributed by atoms with Gasteiger partial charge in [-0.1, -0.05) is 19.8 Å². The van der Waals surface area contributed by atoms with Crippen LogP contribution in [0, 0.1) is 30.1 Å². The van der Waals surface area contributed by atoms with Crippen LogP contribution in [0.4, 0.5) is 5.00 Å². The Bertz CT molecular complexity index is 630. The fraction of sp³-hybridized carbons (Fsp3) is 0.562. The SMILES string of the molecule is CCc1c(C)sc(NC(=O)[C@@H]2CCCC[C@H]2C(=O)O)c1C#N. The van der Waals surface area contributed by atoms with E-state index in [-0.39, 0.29) is 5.91 Å². The number of aliphatic carboxylic acids is 1. The lowest BCUT2D eigenvalue weighted by atomic mass is 9.79. The second kappa shape index (κ2) is 6.93. The number of nitriles is 1. The molecule has 0 aromatic carbocycles. The highest BCUT2D eigenvalue weighted by Gasteiger charge is 2.36. The molecular formula is C16H20N2O3S. The first-order valence-corrected chi connectivity index (χ1v) is 8.37. The molecule has 118 valence electrons. The van der Waals surface area contributed by atoms with E-state index in [1.807, 2.05) is 13.8 Å². The first-order valence-electron chi connectivity index (χ1n) is 7.55. The van der Waals surface area contributed by atoms with Crippen LogP contribution in [-0.4, -0.2) is 17.0 Å². The molecule has 22 heavy (non-hydrogen) atoms. The summed E-state index contributed by atoms with van der Waals surface area (Å²) in [5.41, 5.74) is 1.47. The van der Waals surface area contributed by atoms with Gasteiger partial charge in [0, 0.05) is 4.88 Å². The average molecular weight is 320 g/mol. The molecule has 0 radical (unpaired) electrons. The van der Waals surface area contributed by atoms with E-state index < -0.39 is 17.8 Å². The molecule has 1 aliphatic rings. The van der Waals surface area contributed by atoms with Crippen molar-refractivity contribution in [3.63, 3.8) is 0 Å². The zero-order valence-corrected chi connectivity index (χ0v) is 13.6. The fourth-order valence-electron chi connectivity index (χ4n) is 3.16. The van der Waals surface area contributed by atoms with Crippen LogP contribution in [0.5, 0.6) is 0 Å². The third-order valence-electron chi connectivity index (χ3n) is 4.33. The van der Waals surface area contributed by atoms with Crippen molar-refractivity contribution in [1.29, 1.82) is 5.26 Å². The number of nitrogens with one attached hydrogen (secondary N) is 1. The highest BCUT2D eigenvalue weighted by atomic mass is 32.1. The predicted octanol–water partition coefficient (Wildman–Crippen LogP) is 3.32. The van der Waals surface area contributed by atoms with Gasteiger partial charge in [0.15, 0.2) is 0 Å². The van der Waals surface area contributed by atoms with Gasteiger partial charge in [-0.2, -0.15) is 5.26 Å². The molecule has 1 aromatic heterocycles. The summed E-state index contributed by atoms with van der Waals surface area (Å²) in [6.45, 7) is 3.91. The molecule has 6 heteroatoms. The molecule has 0 saturated heterocycles. The van der Waals surface area contributed by atoms with Crippen LogP contribution in [-0.2, 0) is 16.0 Å². The molecule has 1 aliphatic carbocycles. The minimum Gasteiger partial charge on any atom is -0.481 e. The summed E-state index contributed by atoms with van der Waals surface area (Å²) in [5, 5.41) is 22.0. The van der Waals surface area contributed by atoms with Crippen molar-refractivity contribution in [3.05, 3.63) is 16.0 Å². The molecule has 2 rings (SSSR count). The van der Waals surface area contributed by atoms with Gasteiger partial charge in [-0.3, -0.25) is 9.59 Å². The van der Waals surface area contributed by atoms with Crippen LogP contribution < -0.4 is 5.32 Å². The van der Waals surface area contributed by atoms with Crippen molar-refractivity contribution in [2.45, 2.75) is 46.0 Å². The quantitative estimate of drug-likeness (QED) is 0.890. The van der Waals surface area contributed by atoms with Crippen molar-refractivity contribution in [3.8, 4) is 6.07 Å². The van der Waals surface area contributed by atoms with E-state index >= 15 is 0 Å². The number of nitrogens with zero attached hydrogens (tertiary/aromatic N) is 1. The van der Waals surface area contributed by atoms with E-state index in [1.54, 1.807) is 0 Å². The van der Waals surface area contributed by atoms with Gasteiger partial charge >= 0.3 is 5.97 Å². The van der Waals surface area contributed by atoms with Gasteiger partial charge in [0.1, 0.15) is 11.1 Å². The maximum Gasteiger partial charge on any atom is 0.307 e. The summed E-state index contributed by atoms with van der Waals surface area (Å²) in [6, 6.07) is 2.16. The number of hydrogen-bond acceptors (Lipinski definition) is 4. The first-order chi connectivity index (χ1) is 10.5. The molecule has 1 heterocycles. The standard InChI is InChI=1S/C16H20N2O3S/c1-3-10-9(2)22-15(13(10)8-17)18-14(19)11-6-4-5-7-12(11)16(20)21/h11-12H,3-7H2,1-2H3,(H,18,19)(H,20,21)/t11-,12-/m1/s1. The van der Waals surface area contributed by atoms with Crippen LogP contribution >= 0.6 is 11.3 Å². The van der Waals surface area contributed by atoms with Crippen molar-refractivity contribution in [2.24, 2.45) is 11.8 Å². The lowest BCUT2D eigenvalue weighted by Crippen LogP contribution is -2.36. The van der Waals surface area contributed by atoms with E-state index in [9.17, 15) is 20.0 Å². The van der Waals surface area contributed by atoms with Crippen LogP contribution in [0.3, 0.4) is 0 Å². The van der Waals surface area contributed by atoms with Crippen LogP contribution in [0.1, 0.15) is 48.6 Å². The fourth-order valence-corrected chi connectivity index (χ4v) is 4.25. The highest BCUT2D eigenvalue weighted by Crippen LogP contribution is 2.35. The Balaban J connectivity index is 2.21. The summed E-state index contributed by atoms with van der Waals surface area (Å²) in [4.78, 5) is 24.8. The molecule has 1 amide bonds. The molecule has 1 aromatic rings. The van der Waals surface area contributed by atoms with Crippen LogP contribution in [0.25, 0.3) is 0 Å². The van der Waals surface area contributed by atoms with Crippen LogP contribution in [0.2, 0.25) is 0 Å². The number of thiophene rings is 1. The molecule has 0 unspecified atom stereocenters. The minimum absolute atomic E-state index is 0.271. The third kappa shape index (κ3) is 3.14. The largest absolute Gasteiger partial charge is 0.481 e. The number of rotatable bonds is 4. The average Bonchev–Trinajstić information content (AvgIpc) is 2.81. The number of carboxylic acid groups (broad SMARTS) is 1. The maximum absolute atomic E-state index is 12.5. The molecule has 0 spiro atoms. The molecule has 5 nitrogen and oxygen atoms in total. The molecule has 1 saturated carbocycles. The van der Waals surface area contributed by atoms with E-state index in [0.717, 1.165) is 29.7 Å². The van der Waals surface area contributed by atoms with Gasteiger partial charge in [0.25, 0.3) is 0 Å². The van der Waals surface area contributed by atoms with Gasteiger partial charge in [0.05, 0.1) is 17.4 Å². The number of carboxylic acids is 1. The maximum atomic E-state index is 12.5. The zero-order chi connectivity index (χ0) is 16.3. The number of hydrogen-bond donors (Lipinski definition) is 2. The monoisotopic (exact) mass is 320 g/mol. The van der Waals surface area contributed by atoms with E-state index in [4.69, 9.17) is 0 Å². The van der Waals surface area contributed by atoms with Gasteiger partial charge in [-0.25, -0.2) is 0 Å². The molecule has 2 atom stereocenters. The second-order valence-corrected chi connectivity index (χ2v) is 6.86. The number of carbonyl (C=O) groups excluding carboxylic acids is 1. The first kappa shape index (κ1) is 16.5. The van der Waals surface area contributed by atoms with Crippen molar-refractivity contribution in [1.82, 2.24) is 0 Å². The van der Waals surface area contributed by atoms with Crippen molar-refractivity contribution < 1.29 is 14.7 Å². The molecule has 2 N–H and O–H groups in total. The smallest absolute Gasteiger partial charge is 0.307 e. The normalized spacial score (nSPS) is 21.1. The third-order valence-corrected chi connectivity index (χ3v) is 5.39. The molecule has 1 fully saturated rings. The highest BCUT2D eigenvalue weighted by molar-refractivity contribution is 7.16.